The van der Waals surface area contributed by atoms with Crippen molar-refractivity contribution in [2.24, 2.45) is 5.73 Å². The first-order valence-corrected chi connectivity index (χ1v) is 6.13. The van der Waals surface area contributed by atoms with Crippen LogP contribution in [0.15, 0.2) is 11.5 Å². The summed E-state index contributed by atoms with van der Waals surface area (Å²) in [5, 5.41) is 3.68. The van der Waals surface area contributed by atoms with Gasteiger partial charge in [-0.2, -0.15) is 0 Å². The normalized spacial score (nSPS) is 26.0. The Bertz CT molecular complexity index is 348. The van der Waals surface area contributed by atoms with Gasteiger partial charge in [0.1, 0.15) is 0 Å². The molecule has 0 bridgehead atoms. The number of hydrogen-bond donors (Lipinski definition) is 2. The van der Waals surface area contributed by atoms with Crippen LogP contribution in [0.2, 0.25) is 0 Å². The molecule has 0 aromatic heterocycles. The number of sulfone groups is 1. The molecule has 0 aliphatic carbocycles. The summed E-state index contributed by atoms with van der Waals surface area (Å²) in [5.41, 5.74) is 5.48. The van der Waals surface area contributed by atoms with Crippen molar-refractivity contribution < 1.29 is 13.2 Å². The summed E-state index contributed by atoms with van der Waals surface area (Å²) >= 11 is 0. The second-order valence-electron chi connectivity index (χ2n) is 3.29. The summed E-state index contributed by atoms with van der Waals surface area (Å²) < 4.78 is 22.0. The average molecular weight is 218 g/mol. The van der Waals surface area contributed by atoms with Crippen molar-refractivity contribution >= 4 is 15.7 Å². The molecule has 0 fully saturated rings. The lowest BCUT2D eigenvalue weighted by Crippen LogP contribution is -2.45. The van der Waals surface area contributed by atoms with Crippen LogP contribution < -0.4 is 11.1 Å². The van der Waals surface area contributed by atoms with Gasteiger partial charge < -0.3 is 11.1 Å². The van der Waals surface area contributed by atoms with Crippen molar-refractivity contribution in [2.45, 2.75) is 25.4 Å². The van der Waals surface area contributed by atoms with Crippen LogP contribution in [-0.2, 0) is 14.6 Å². The third kappa shape index (κ3) is 2.81. The van der Waals surface area contributed by atoms with Crippen molar-refractivity contribution in [1.82, 2.24) is 5.32 Å². The largest absolute Gasteiger partial charge is 0.347 e. The summed E-state index contributed by atoms with van der Waals surface area (Å²) in [6, 6.07) is -0.989. The van der Waals surface area contributed by atoms with Gasteiger partial charge in [-0.15, -0.1) is 0 Å². The average Bonchev–Trinajstić information content (AvgIpc) is 2.44. The molecule has 0 aromatic carbocycles. The van der Waals surface area contributed by atoms with E-state index in [1.54, 1.807) is 6.92 Å². The van der Waals surface area contributed by atoms with Gasteiger partial charge in [-0.05, 0) is 12.5 Å². The molecular formula is C8H14N2O3S. The minimum absolute atomic E-state index is 0.0603. The lowest BCUT2D eigenvalue weighted by atomic mass is 10.2. The molecule has 0 radical (unpaired) electrons. The van der Waals surface area contributed by atoms with Crippen LogP contribution in [0, 0.1) is 0 Å². The second-order valence-corrected chi connectivity index (χ2v) is 5.22. The van der Waals surface area contributed by atoms with Crippen LogP contribution in [0.25, 0.3) is 0 Å². The molecule has 6 heteroatoms. The Morgan fingerprint density at radius 3 is 2.79 bits per heavy atom. The Hall–Kier alpha value is -0.880. The summed E-state index contributed by atoms with van der Waals surface area (Å²) in [4.78, 5) is 11.3. The van der Waals surface area contributed by atoms with Crippen molar-refractivity contribution in [3.63, 3.8) is 0 Å². The Labute approximate surface area is 83.3 Å². The lowest BCUT2D eigenvalue weighted by molar-refractivity contribution is -0.122. The minimum Gasteiger partial charge on any atom is -0.347 e. The lowest BCUT2D eigenvalue weighted by Gasteiger charge is -2.13. The Balaban J connectivity index is 2.49. The molecule has 1 rings (SSSR count). The maximum atomic E-state index is 11.3. The topological polar surface area (TPSA) is 89.3 Å². The zero-order valence-corrected chi connectivity index (χ0v) is 8.75. The molecular weight excluding hydrogens is 204 g/mol. The van der Waals surface area contributed by atoms with E-state index in [1.165, 1.54) is 6.08 Å². The van der Waals surface area contributed by atoms with Gasteiger partial charge in [0.25, 0.3) is 0 Å². The third-order valence-corrected chi connectivity index (χ3v) is 3.43. The predicted molar refractivity (Wildman–Crippen MR) is 53.1 cm³/mol. The smallest absolute Gasteiger partial charge is 0.237 e. The van der Waals surface area contributed by atoms with Crippen LogP contribution in [0.4, 0.5) is 0 Å². The van der Waals surface area contributed by atoms with Crippen LogP contribution in [-0.4, -0.2) is 32.2 Å². The second kappa shape index (κ2) is 4.10. The first kappa shape index (κ1) is 11.2. The molecule has 1 aliphatic heterocycles. The maximum absolute atomic E-state index is 11.3. The molecule has 14 heavy (non-hydrogen) atoms. The highest BCUT2D eigenvalue weighted by atomic mass is 32.2. The standard InChI is InChI=1S/C8H14N2O3S/c1-2-7(9)8(11)10-6-3-4-14(12,13)5-6/h3-4,6-7H,2,5,9H2,1H3,(H,10,11)/t6?,7-/m1/s1. The van der Waals surface area contributed by atoms with Gasteiger partial charge in [0.2, 0.25) is 5.91 Å². The number of nitrogens with one attached hydrogen (secondary N) is 1. The predicted octanol–water partition coefficient (Wildman–Crippen LogP) is -0.849. The van der Waals surface area contributed by atoms with Crippen molar-refractivity contribution in [3.8, 4) is 0 Å². The van der Waals surface area contributed by atoms with Crippen LogP contribution >= 0.6 is 0 Å². The zero-order valence-electron chi connectivity index (χ0n) is 7.93. The molecule has 0 aromatic rings. The highest BCUT2D eigenvalue weighted by Gasteiger charge is 2.24. The SMILES string of the molecule is CC[C@@H](N)C(=O)NC1C=CS(=O)(=O)C1. The highest BCUT2D eigenvalue weighted by Crippen LogP contribution is 2.07. The van der Waals surface area contributed by atoms with Crippen LogP contribution in [0.3, 0.4) is 0 Å². The molecule has 80 valence electrons. The summed E-state index contributed by atoms with van der Waals surface area (Å²) in [6.45, 7) is 1.80. The third-order valence-electron chi connectivity index (χ3n) is 2.03. The molecule has 1 unspecified atom stereocenters. The molecule has 0 saturated carbocycles. The van der Waals surface area contributed by atoms with Crippen molar-refractivity contribution in [3.05, 3.63) is 11.5 Å². The summed E-state index contributed by atoms with van der Waals surface area (Å²) in [7, 11) is -3.11. The number of carbonyl (C=O) groups excluding carboxylic acids is 1. The molecule has 1 amide bonds. The van der Waals surface area contributed by atoms with E-state index in [-0.39, 0.29) is 11.7 Å². The molecule has 0 saturated heterocycles. The maximum Gasteiger partial charge on any atom is 0.237 e. The Morgan fingerprint density at radius 1 is 1.71 bits per heavy atom. The molecule has 5 nitrogen and oxygen atoms in total. The van der Waals surface area contributed by atoms with Gasteiger partial charge in [0.15, 0.2) is 9.84 Å². The van der Waals surface area contributed by atoms with E-state index in [1.807, 2.05) is 0 Å². The van der Waals surface area contributed by atoms with E-state index in [0.29, 0.717) is 6.42 Å². The van der Waals surface area contributed by atoms with E-state index in [2.05, 4.69) is 5.32 Å². The highest BCUT2D eigenvalue weighted by molar-refractivity contribution is 7.94. The Kier molecular flexibility index (Phi) is 3.28. The minimum atomic E-state index is -3.11. The van der Waals surface area contributed by atoms with Gasteiger partial charge >= 0.3 is 0 Å². The summed E-state index contributed by atoms with van der Waals surface area (Å²) in [5.74, 6) is -0.367. The van der Waals surface area contributed by atoms with Crippen LogP contribution in [0.1, 0.15) is 13.3 Å². The van der Waals surface area contributed by atoms with Crippen LogP contribution in [0.5, 0.6) is 0 Å². The number of amides is 1. The van der Waals surface area contributed by atoms with E-state index in [4.69, 9.17) is 5.73 Å². The monoisotopic (exact) mass is 218 g/mol. The molecule has 1 heterocycles. The fraction of sp³-hybridized carbons (Fsp3) is 0.625. The number of hydrogen-bond acceptors (Lipinski definition) is 4. The Morgan fingerprint density at radius 2 is 2.36 bits per heavy atom. The first-order chi connectivity index (χ1) is 6.44. The molecule has 1 aliphatic rings. The van der Waals surface area contributed by atoms with E-state index in [0.717, 1.165) is 5.41 Å². The molecule has 3 N–H and O–H groups in total. The quantitative estimate of drug-likeness (QED) is 0.645. The van der Waals surface area contributed by atoms with E-state index in [9.17, 15) is 13.2 Å². The number of carbonyl (C=O) groups is 1. The van der Waals surface area contributed by atoms with Gasteiger partial charge in [-0.3, -0.25) is 4.79 Å². The molecule has 0 spiro atoms. The van der Waals surface area contributed by atoms with Crippen molar-refractivity contribution in [2.75, 3.05) is 5.75 Å². The number of rotatable bonds is 3. The van der Waals surface area contributed by atoms with Gasteiger partial charge in [0, 0.05) is 5.41 Å². The zero-order chi connectivity index (χ0) is 10.8. The fourth-order valence-electron chi connectivity index (χ4n) is 1.14. The van der Waals surface area contributed by atoms with E-state index < -0.39 is 21.9 Å². The van der Waals surface area contributed by atoms with E-state index >= 15 is 0 Å². The van der Waals surface area contributed by atoms with Gasteiger partial charge in [-0.25, -0.2) is 8.42 Å². The molecule has 2 atom stereocenters. The van der Waals surface area contributed by atoms with Crippen molar-refractivity contribution in [1.29, 1.82) is 0 Å². The van der Waals surface area contributed by atoms with Gasteiger partial charge in [-0.1, -0.05) is 6.92 Å². The number of nitrogens with two attached hydrogens (primary N) is 1. The first-order valence-electron chi connectivity index (χ1n) is 4.41. The van der Waals surface area contributed by atoms with Gasteiger partial charge in [0.05, 0.1) is 17.8 Å². The summed E-state index contributed by atoms with van der Waals surface area (Å²) in [6.07, 6.45) is 2.00. The fourth-order valence-corrected chi connectivity index (χ4v) is 2.38.